The maximum absolute atomic E-state index is 9.99. The van der Waals surface area contributed by atoms with Crippen molar-refractivity contribution in [2.24, 2.45) is 0 Å². The van der Waals surface area contributed by atoms with Crippen LogP contribution in [-0.4, -0.2) is 24.6 Å². The Morgan fingerprint density at radius 2 is 1.95 bits per heavy atom. The highest BCUT2D eigenvalue weighted by atomic mass is 16.3. The van der Waals surface area contributed by atoms with Gasteiger partial charge in [-0.15, -0.1) is 0 Å². The Balaban J connectivity index is 2.02. The molecule has 1 atom stereocenters. The van der Waals surface area contributed by atoms with E-state index in [1.165, 1.54) is 11.9 Å². The molecule has 3 rings (SSSR count). The lowest BCUT2D eigenvalue weighted by molar-refractivity contribution is 0.170. The largest absolute Gasteiger partial charge is 0.387 e. The number of benzene rings is 1. The molecule has 1 unspecified atom stereocenters. The molecule has 3 aromatic rings. The third-order valence-corrected chi connectivity index (χ3v) is 3.33. The second-order valence-electron chi connectivity index (χ2n) is 4.71. The van der Waals surface area contributed by atoms with Crippen LogP contribution in [0.2, 0.25) is 0 Å². The van der Waals surface area contributed by atoms with E-state index < -0.39 is 6.10 Å². The average molecular weight is 268 g/mol. The Morgan fingerprint density at radius 1 is 1.15 bits per heavy atom. The third kappa shape index (κ3) is 2.28. The van der Waals surface area contributed by atoms with Gasteiger partial charge in [-0.3, -0.25) is 0 Å². The molecule has 0 aliphatic carbocycles. The van der Waals surface area contributed by atoms with Crippen LogP contribution in [0, 0.1) is 0 Å². The number of imidazole rings is 1. The first-order valence-electron chi connectivity index (χ1n) is 6.67. The van der Waals surface area contributed by atoms with Gasteiger partial charge in [-0.1, -0.05) is 37.3 Å². The molecule has 0 aliphatic rings. The van der Waals surface area contributed by atoms with Crippen LogP contribution in [0.5, 0.6) is 0 Å². The standard InChI is InChI=1S/C15H16N4O/c1-2-12(20)13-14-15(17-9-16-13)19(10-18-14)8-11-6-4-3-5-7-11/h3-7,9-10,12,20H,2,8H2,1H3. The monoisotopic (exact) mass is 268 g/mol. The summed E-state index contributed by atoms with van der Waals surface area (Å²) in [5.41, 5.74) is 3.22. The summed E-state index contributed by atoms with van der Waals surface area (Å²) in [5.74, 6) is 0. The molecule has 102 valence electrons. The first kappa shape index (κ1) is 12.7. The van der Waals surface area contributed by atoms with Gasteiger partial charge in [-0.2, -0.15) is 0 Å². The molecule has 0 saturated carbocycles. The number of aliphatic hydroxyl groups excluding tert-OH is 1. The number of fused-ring (bicyclic) bond motifs is 1. The highest BCUT2D eigenvalue weighted by molar-refractivity contribution is 5.73. The Bertz CT molecular complexity index is 708. The maximum atomic E-state index is 9.99. The minimum absolute atomic E-state index is 0.597. The Labute approximate surface area is 117 Å². The molecule has 0 saturated heterocycles. The number of aromatic nitrogens is 4. The molecule has 0 bridgehead atoms. The molecule has 2 heterocycles. The number of nitrogens with zero attached hydrogens (tertiary/aromatic N) is 4. The van der Waals surface area contributed by atoms with Gasteiger partial charge in [0, 0.05) is 0 Å². The van der Waals surface area contributed by atoms with Gasteiger partial charge in [-0.05, 0) is 12.0 Å². The van der Waals surface area contributed by atoms with Crippen LogP contribution in [0.3, 0.4) is 0 Å². The second kappa shape index (κ2) is 5.38. The van der Waals surface area contributed by atoms with Crippen LogP contribution in [0.25, 0.3) is 11.2 Å². The molecule has 20 heavy (non-hydrogen) atoms. The molecule has 1 N–H and O–H groups in total. The van der Waals surface area contributed by atoms with Crippen molar-refractivity contribution in [3.05, 3.63) is 54.2 Å². The fourth-order valence-corrected chi connectivity index (χ4v) is 2.23. The van der Waals surface area contributed by atoms with E-state index in [0.717, 1.165) is 5.65 Å². The summed E-state index contributed by atoms with van der Waals surface area (Å²) < 4.78 is 1.97. The van der Waals surface area contributed by atoms with Gasteiger partial charge < -0.3 is 9.67 Å². The van der Waals surface area contributed by atoms with Crippen molar-refractivity contribution in [1.29, 1.82) is 0 Å². The molecule has 0 fully saturated rings. The molecule has 0 radical (unpaired) electrons. The van der Waals surface area contributed by atoms with E-state index in [4.69, 9.17) is 0 Å². The van der Waals surface area contributed by atoms with Gasteiger partial charge in [0.1, 0.15) is 17.5 Å². The molecular formula is C15H16N4O. The summed E-state index contributed by atoms with van der Waals surface area (Å²) in [6, 6.07) is 10.1. The normalized spacial score (nSPS) is 12.7. The van der Waals surface area contributed by atoms with Gasteiger partial charge in [-0.25, -0.2) is 15.0 Å². The van der Waals surface area contributed by atoms with Crippen LogP contribution >= 0.6 is 0 Å². The summed E-state index contributed by atoms with van der Waals surface area (Å²) in [4.78, 5) is 12.8. The van der Waals surface area contributed by atoms with Gasteiger partial charge in [0.05, 0.1) is 19.0 Å². The molecule has 1 aromatic carbocycles. The SMILES string of the molecule is CCC(O)c1ncnc2c1ncn2Cc1ccccc1. The molecule has 0 amide bonds. The predicted octanol–water partition coefficient (Wildman–Crippen LogP) is 2.32. The van der Waals surface area contributed by atoms with Crippen molar-refractivity contribution >= 4 is 11.2 Å². The van der Waals surface area contributed by atoms with Crippen LogP contribution in [-0.2, 0) is 6.54 Å². The van der Waals surface area contributed by atoms with E-state index in [0.29, 0.717) is 24.2 Å². The van der Waals surface area contributed by atoms with E-state index >= 15 is 0 Å². The molecule has 2 aromatic heterocycles. The fourth-order valence-electron chi connectivity index (χ4n) is 2.23. The lowest BCUT2D eigenvalue weighted by atomic mass is 10.2. The maximum Gasteiger partial charge on any atom is 0.163 e. The topological polar surface area (TPSA) is 63.8 Å². The third-order valence-electron chi connectivity index (χ3n) is 3.33. The lowest BCUT2D eigenvalue weighted by Gasteiger charge is -2.07. The summed E-state index contributed by atoms with van der Waals surface area (Å²) >= 11 is 0. The fraction of sp³-hybridized carbons (Fsp3) is 0.267. The van der Waals surface area contributed by atoms with E-state index in [2.05, 4.69) is 27.1 Å². The molecular weight excluding hydrogens is 252 g/mol. The molecule has 0 aliphatic heterocycles. The zero-order chi connectivity index (χ0) is 13.9. The minimum atomic E-state index is -0.597. The average Bonchev–Trinajstić information content (AvgIpc) is 2.91. The van der Waals surface area contributed by atoms with Gasteiger partial charge in [0.25, 0.3) is 0 Å². The van der Waals surface area contributed by atoms with Crippen molar-refractivity contribution in [3.63, 3.8) is 0 Å². The van der Waals surface area contributed by atoms with Crippen molar-refractivity contribution in [3.8, 4) is 0 Å². The zero-order valence-electron chi connectivity index (χ0n) is 11.3. The van der Waals surface area contributed by atoms with Crippen molar-refractivity contribution < 1.29 is 5.11 Å². The van der Waals surface area contributed by atoms with Gasteiger partial charge in [0.15, 0.2) is 5.65 Å². The van der Waals surface area contributed by atoms with E-state index in [9.17, 15) is 5.11 Å². The summed E-state index contributed by atoms with van der Waals surface area (Å²) in [6.07, 6.45) is 3.25. The Hall–Kier alpha value is -2.27. The molecule has 5 nitrogen and oxygen atoms in total. The van der Waals surface area contributed by atoms with Crippen LogP contribution in [0.1, 0.15) is 30.7 Å². The molecule has 5 heteroatoms. The van der Waals surface area contributed by atoms with Crippen molar-refractivity contribution in [2.75, 3.05) is 0 Å². The Kier molecular flexibility index (Phi) is 3.43. The van der Waals surface area contributed by atoms with Crippen LogP contribution in [0.4, 0.5) is 0 Å². The smallest absolute Gasteiger partial charge is 0.163 e. The first-order valence-corrected chi connectivity index (χ1v) is 6.67. The van der Waals surface area contributed by atoms with E-state index in [-0.39, 0.29) is 0 Å². The Morgan fingerprint density at radius 3 is 2.70 bits per heavy atom. The van der Waals surface area contributed by atoms with E-state index in [1.807, 2.05) is 29.7 Å². The van der Waals surface area contributed by atoms with Gasteiger partial charge >= 0.3 is 0 Å². The quantitative estimate of drug-likeness (QED) is 0.788. The lowest BCUT2D eigenvalue weighted by Crippen LogP contribution is -2.03. The van der Waals surface area contributed by atoms with Gasteiger partial charge in [0.2, 0.25) is 0 Å². The van der Waals surface area contributed by atoms with Crippen LogP contribution in [0.15, 0.2) is 43.0 Å². The van der Waals surface area contributed by atoms with Crippen molar-refractivity contribution in [2.45, 2.75) is 26.0 Å². The second-order valence-corrected chi connectivity index (χ2v) is 4.71. The summed E-state index contributed by atoms with van der Waals surface area (Å²) in [7, 11) is 0. The number of hydrogen-bond donors (Lipinski definition) is 1. The summed E-state index contributed by atoms with van der Waals surface area (Å²) in [5, 5.41) is 9.99. The first-order chi connectivity index (χ1) is 9.79. The minimum Gasteiger partial charge on any atom is -0.387 e. The predicted molar refractivity (Wildman–Crippen MR) is 76.1 cm³/mol. The zero-order valence-corrected chi connectivity index (χ0v) is 11.3. The highest BCUT2D eigenvalue weighted by Crippen LogP contribution is 2.21. The number of rotatable bonds is 4. The van der Waals surface area contributed by atoms with E-state index in [1.54, 1.807) is 6.33 Å². The van der Waals surface area contributed by atoms with Crippen molar-refractivity contribution in [1.82, 2.24) is 19.5 Å². The summed E-state index contributed by atoms with van der Waals surface area (Å²) in [6.45, 7) is 2.62. The number of aliphatic hydroxyl groups is 1. The van der Waals surface area contributed by atoms with Crippen LogP contribution < -0.4 is 0 Å². The molecule has 0 spiro atoms. The highest BCUT2D eigenvalue weighted by Gasteiger charge is 2.15. The number of hydrogen-bond acceptors (Lipinski definition) is 4.